The van der Waals surface area contributed by atoms with Crippen LogP contribution in [0.5, 0.6) is 5.75 Å². The van der Waals surface area contributed by atoms with E-state index in [0.717, 1.165) is 12.1 Å². The van der Waals surface area contributed by atoms with Gasteiger partial charge in [0.25, 0.3) is 5.91 Å². The van der Waals surface area contributed by atoms with Crippen LogP contribution in [0.2, 0.25) is 0 Å². The third kappa shape index (κ3) is 5.26. The minimum Gasteiger partial charge on any atom is -0.495 e. The van der Waals surface area contributed by atoms with Gasteiger partial charge in [0.2, 0.25) is 0 Å². The summed E-state index contributed by atoms with van der Waals surface area (Å²) in [5.41, 5.74) is 0.618. The Labute approximate surface area is 174 Å². The van der Waals surface area contributed by atoms with Crippen molar-refractivity contribution < 1.29 is 35.8 Å². The van der Waals surface area contributed by atoms with Gasteiger partial charge in [-0.05, 0) is 29.8 Å². The number of methoxy groups -OCH3 is 1. The topological polar surface area (TPSA) is 94.7 Å². The molecule has 1 heterocycles. The van der Waals surface area contributed by atoms with E-state index in [1.807, 2.05) is 0 Å². The average Bonchev–Trinajstić information content (AvgIpc) is 3.17. The zero-order valence-corrected chi connectivity index (χ0v) is 17.0. The number of hydrogen-bond donors (Lipinski definition) is 0. The fourth-order valence-electron chi connectivity index (χ4n) is 2.60. The number of halogens is 4. The van der Waals surface area contributed by atoms with Crippen molar-refractivity contribution in [3.8, 4) is 5.75 Å². The maximum Gasteiger partial charge on any atom is 0.471 e. The van der Waals surface area contributed by atoms with Crippen LogP contribution in [0.1, 0.15) is 27.6 Å². The predicted molar refractivity (Wildman–Crippen MR) is 101 cm³/mol. The van der Waals surface area contributed by atoms with Crippen molar-refractivity contribution in [1.29, 1.82) is 0 Å². The standard InChI is InChI=1S/C19H15F4N3O4S/c1-29-14-10-13(20)7-8-15(14)31(2,28)26-17(27)12-5-3-11(4-6-12)9-16-24-18(30-25-16)19(21,22)23/h3-8,10H,9H2,1-2H3. The van der Waals surface area contributed by atoms with E-state index < -0.39 is 33.5 Å². The van der Waals surface area contributed by atoms with E-state index in [2.05, 4.69) is 19.0 Å². The van der Waals surface area contributed by atoms with Gasteiger partial charge in [-0.15, -0.1) is 0 Å². The fraction of sp³-hybridized carbons (Fsp3) is 0.211. The predicted octanol–water partition coefficient (Wildman–Crippen LogP) is 4.12. The third-order valence-corrected chi connectivity index (χ3v) is 5.73. The highest BCUT2D eigenvalue weighted by Gasteiger charge is 2.38. The molecule has 0 fully saturated rings. The van der Waals surface area contributed by atoms with Crippen LogP contribution in [-0.4, -0.2) is 33.6 Å². The summed E-state index contributed by atoms with van der Waals surface area (Å²) in [5, 5.41) is 3.27. The summed E-state index contributed by atoms with van der Waals surface area (Å²) >= 11 is 0. The second-order valence-corrected chi connectivity index (χ2v) is 8.61. The second-order valence-electron chi connectivity index (χ2n) is 6.38. The van der Waals surface area contributed by atoms with Crippen LogP contribution in [0.15, 0.2) is 56.2 Å². The van der Waals surface area contributed by atoms with E-state index in [1.54, 1.807) is 0 Å². The van der Waals surface area contributed by atoms with Gasteiger partial charge in [0.1, 0.15) is 11.6 Å². The largest absolute Gasteiger partial charge is 0.495 e. The number of nitrogens with zero attached hydrogens (tertiary/aromatic N) is 3. The van der Waals surface area contributed by atoms with Gasteiger partial charge in [-0.25, -0.2) is 8.60 Å². The van der Waals surface area contributed by atoms with Crippen LogP contribution in [0.4, 0.5) is 17.6 Å². The SMILES string of the molecule is COc1cc(F)ccc1S(C)(=O)=NC(=O)c1ccc(Cc2noc(C(F)(F)F)n2)cc1. The molecule has 31 heavy (non-hydrogen) atoms. The molecule has 1 atom stereocenters. The smallest absolute Gasteiger partial charge is 0.471 e. The van der Waals surface area contributed by atoms with Gasteiger partial charge < -0.3 is 9.26 Å². The minimum absolute atomic E-state index is 0.00210. The van der Waals surface area contributed by atoms with E-state index in [1.165, 1.54) is 43.7 Å². The lowest BCUT2D eigenvalue weighted by Crippen LogP contribution is -2.06. The van der Waals surface area contributed by atoms with Gasteiger partial charge in [0, 0.05) is 24.3 Å². The van der Waals surface area contributed by atoms with Gasteiger partial charge in [0.15, 0.2) is 5.82 Å². The number of rotatable bonds is 5. The molecule has 0 bridgehead atoms. The first kappa shape index (κ1) is 22.4. The number of benzene rings is 2. The number of carbonyl (C=O) groups excluding carboxylic acids is 1. The lowest BCUT2D eigenvalue weighted by molar-refractivity contribution is -0.159. The van der Waals surface area contributed by atoms with Crippen LogP contribution < -0.4 is 4.74 Å². The molecule has 0 saturated carbocycles. The van der Waals surface area contributed by atoms with E-state index in [0.29, 0.717) is 5.56 Å². The van der Waals surface area contributed by atoms with Crippen molar-refractivity contribution in [2.45, 2.75) is 17.5 Å². The van der Waals surface area contributed by atoms with Crippen LogP contribution >= 0.6 is 0 Å². The van der Waals surface area contributed by atoms with Crippen molar-refractivity contribution >= 4 is 15.6 Å². The van der Waals surface area contributed by atoms with E-state index >= 15 is 0 Å². The molecule has 0 aliphatic carbocycles. The Kier molecular flexibility index (Phi) is 6.11. The Bertz CT molecular complexity index is 1230. The van der Waals surface area contributed by atoms with E-state index in [4.69, 9.17) is 4.74 Å². The summed E-state index contributed by atoms with van der Waals surface area (Å²) < 4.78 is 76.8. The van der Waals surface area contributed by atoms with Crippen LogP contribution in [0.25, 0.3) is 0 Å². The number of hydrogen-bond acceptors (Lipinski definition) is 6. The lowest BCUT2D eigenvalue weighted by Gasteiger charge is -2.10. The van der Waals surface area contributed by atoms with Crippen LogP contribution in [-0.2, 0) is 22.3 Å². The van der Waals surface area contributed by atoms with Gasteiger partial charge >= 0.3 is 12.1 Å². The molecule has 3 aromatic rings. The average molecular weight is 457 g/mol. The van der Waals surface area contributed by atoms with Crippen LogP contribution in [0, 0.1) is 5.82 Å². The maximum absolute atomic E-state index is 13.4. The molecule has 1 amide bonds. The fourth-order valence-corrected chi connectivity index (χ4v) is 3.96. The lowest BCUT2D eigenvalue weighted by atomic mass is 10.1. The van der Waals surface area contributed by atoms with Crippen molar-refractivity contribution in [3.63, 3.8) is 0 Å². The summed E-state index contributed by atoms with van der Waals surface area (Å²) in [6.45, 7) is 0. The van der Waals surface area contributed by atoms with Gasteiger partial charge in [0.05, 0.1) is 21.7 Å². The molecule has 12 heteroatoms. The summed E-state index contributed by atoms with van der Waals surface area (Å²) in [5.74, 6) is -3.00. The molecule has 0 aliphatic heterocycles. The Hall–Kier alpha value is -3.28. The molecule has 7 nitrogen and oxygen atoms in total. The van der Waals surface area contributed by atoms with Crippen molar-refractivity contribution in [3.05, 3.63) is 71.1 Å². The zero-order chi connectivity index (χ0) is 22.8. The molecule has 0 aliphatic rings. The highest BCUT2D eigenvalue weighted by atomic mass is 32.2. The number of aromatic nitrogens is 2. The highest BCUT2D eigenvalue weighted by molar-refractivity contribution is 7.93. The summed E-state index contributed by atoms with van der Waals surface area (Å²) in [4.78, 5) is 15.8. The number of ether oxygens (including phenoxy) is 1. The molecule has 0 saturated heterocycles. The zero-order valence-electron chi connectivity index (χ0n) is 16.1. The molecule has 2 aromatic carbocycles. The molecule has 0 radical (unpaired) electrons. The minimum atomic E-state index is -4.73. The first-order chi connectivity index (χ1) is 14.5. The molecular weight excluding hydrogens is 442 g/mol. The van der Waals surface area contributed by atoms with E-state index in [-0.39, 0.29) is 28.5 Å². The number of amides is 1. The van der Waals surface area contributed by atoms with Gasteiger partial charge in [-0.3, -0.25) is 4.79 Å². The molecule has 3 rings (SSSR count). The molecule has 1 unspecified atom stereocenters. The van der Waals surface area contributed by atoms with Gasteiger partial charge in [-0.2, -0.15) is 22.5 Å². The first-order valence-electron chi connectivity index (χ1n) is 8.58. The number of carbonyl (C=O) groups is 1. The van der Waals surface area contributed by atoms with E-state index in [9.17, 15) is 26.6 Å². The molecule has 0 N–H and O–H groups in total. The molecular formula is C19H15F4N3O4S. The summed E-state index contributed by atoms with van der Waals surface area (Å²) in [6.07, 6.45) is -3.56. The Morgan fingerprint density at radius 1 is 1.19 bits per heavy atom. The molecule has 164 valence electrons. The van der Waals surface area contributed by atoms with Crippen LogP contribution in [0.3, 0.4) is 0 Å². The molecule has 0 spiro atoms. The molecule has 1 aromatic heterocycles. The highest BCUT2D eigenvalue weighted by Crippen LogP contribution is 2.28. The second kappa shape index (κ2) is 8.46. The summed E-state index contributed by atoms with van der Waals surface area (Å²) in [6, 6.07) is 9.06. The Morgan fingerprint density at radius 2 is 1.87 bits per heavy atom. The van der Waals surface area contributed by atoms with Gasteiger partial charge in [-0.1, -0.05) is 17.3 Å². The monoisotopic (exact) mass is 457 g/mol. The Morgan fingerprint density at radius 3 is 2.45 bits per heavy atom. The summed E-state index contributed by atoms with van der Waals surface area (Å²) in [7, 11) is -1.97. The van der Waals surface area contributed by atoms with Crippen molar-refractivity contribution in [2.75, 3.05) is 13.4 Å². The maximum atomic E-state index is 13.4. The van der Waals surface area contributed by atoms with Crippen molar-refractivity contribution in [1.82, 2.24) is 10.1 Å². The number of alkyl halides is 3. The normalized spacial score (nSPS) is 13.5. The van der Waals surface area contributed by atoms with Crippen molar-refractivity contribution in [2.24, 2.45) is 4.36 Å². The Balaban J connectivity index is 1.80. The quantitative estimate of drug-likeness (QED) is 0.535. The first-order valence-corrected chi connectivity index (χ1v) is 10.5. The third-order valence-electron chi connectivity index (χ3n) is 4.06.